The normalized spacial score (nSPS) is 10.9. The first-order valence-corrected chi connectivity index (χ1v) is 5.02. The van der Waals surface area contributed by atoms with Crippen LogP contribution in [0.1, 0.15) is 11.4 Å². The molecule has 0 aliphatic heterocycles. The van der Waals surface area contributed by atoms with Gasteiger partial charge in [0.05, 0.1) is 17.1 Å². The van der Waals surface area contributed by atoms with Crippen LogP contribution in [0.4, 0.5) is 8.78 Å². The molecule has 0 fully saturated rings. The standard InChI is InChI=1S/C11H11F2N3O/c1-7-8(2)16(15-14-7)9-3-5-10(6-4-9)17-11(12)13/h3-6,11H,1-2H3. The SMILES string of the molecule is Cc1nnn(-c2ccc(OC(F)F)cc2)c1C. The molecule has 0 radical (unpaired) electrons. The van der Waals surface area contributed by atoms with E-state index in [-0.39, 0.29) is 5.75 Å². The highest BCUT2D eigenvalue weighted by atomic mass is 19.3. The molecular weight excluding hydrogens is 228 g/mol. The van der Waals surface area contributed by atoms with Gasteiger partial charge in [-0.1, -0.05) is 5.21 Å². The zero-order valence-electron chi connectivity index (χ0n) is 9.39. The second kappa shape index (κ2) is 4.48. The van der Waals surface area contributed by atoms with E-state index in [1.54, 1.807) is 16.8 Å². The van der Waals surface area contributed by atoms with E-state index >= 15 is 0 Å². The lowest BCUT2D eigenvalue weighted by Crippen LogP contribution is -2.03. The van der Waals surface area contributed by atoms with Crippen molar-refractivity contribution in [1.82, 2.24) is 15.0 Å². The van der Waals surface area contributed by atoms with Crippen LogP contribution >= 0.6 is 0 Å². The van der Waals surface area contributed by atoms with E-state index in [2.05, 4.69) is 15.0 Å². The molecule has 0 atom stereocenters. The second-order valence-electron chi connectivity index (χ2n) is 3.54. The maximum Gasteiger partial charge on any atom is 0.387 e. The van der Waals surface area contributed by atoms with Crippen molar-refractivity contribution in [3.8, 4) is 11.4 Å². The average Bonchev–Trinajstić information content (AvgIpc) is 2.60. The van der Waals surface area contributed by atoms with Gasteiger partial charge in [0.2, 0.25) is 0 Å². The minimum atomic E-state index is -2.81. The molecule has 0 N–H and O–H groups in total. The van der Waals surface area contributed by atoms with Gasteiger partial charge in [0.1, 0.15) is 5.75 Å². The summed E-state index contributed by atoms with van der Waals surface area (Å²) in [5, 5.41) is 7.88. The van der Waals surface area contributed by atoms with Gasteiger partial charge >= 0.3 is 6.61 Å². The minimum Gasteiger partial charge on any atom is -0.435 e. The molecule has 0 aliphatic rings. The first-order chi connectivity index (χ1) is 8.08. The van der Waals surface area contributed by atoms with Crippen LogP contribution in [0.2, 0.25) is 0 Å². The van der Waals surface area contributed by atoms with Crippen LogP contribution in [0.3, 0.4) is 0 Å². The Hall–Kier alpha value is -1.98. The van der Waals surface area contributed by atoms with Gasteiger partial charge in [-0.2, -0.15) is 8.78 Å². The second-order valence-corrected chi connectivity index (χ2v) is 3.54. The number of hydrogen-bond donors (Lipinski definition) is 0. The van der Waals surface area contributed by atoms with Crippen LogP contribution in [0.15, 0.2) is 24.3 Å². The van der Waals surface area contributed by atoms with Crippen LogP contribution in [0.5, 0.6) is 5.75 Å². The number of aromatic nitrogens is 3. The summed E-state index contributed by atoms with van der Waals surface area (Å²) in [5.74, 6) is 0.123. The van der Waals surface area contributed by atoms with Crippen molar-refractivity contribution < 1.29 is 13.5 Å². The predicted molar refractivity (Wildman–Crippen MR) is 57.5 cm³/mol. The van der Waals surface area contributed by atoms with Crippen molar-refractivity contribution in [2.24, 2.45) is 0 Å². The molecule has 0 aliphatic carbocycles. The summed E-state index contributed by atoms with van der Waals surface area (Å²) >= 11 is 0. The quantitative estimate of drug-likeness (QED) is 0.826. The molecule has 2 rings (SSSR count). The third-order valence-electron chi connectivity index (χ3n) is 2.43. The Morgan fingerprint density at radius 3 is 2.29 bits per heavy atom. The van der Waals surface area contributed by atoms with Gasteiger partial charge in [0.25, 0.3) is 0 Å². The van der Waals surface area contributed by atoms with Crippen molar-refractivity contribution in [2.45, 2.75) is 20.5 Å². The Kier molecular flexibility index (Phi) is 3.03. The molecule has 1 aromatic heterocycles. The Balaban J connectivity index is 2.26. The fourth-order valence-corrected chi connectivity index (χ4v) is 1.42. The van der Waals surface area contributed by atoms with E-state index in [1.165, 1.54) is 12.1 Å². The fraction of sp³-hybridized carbons (Fsp3) is 0.273. The van der Waals surface area contributed by atoms with E-state index in [4.69, 9.17) is 0 Å². The maximum atomic E-state index is 12.0. The topological polar surface area (TPSA) is 39.9 Å². The van der Waals surface area contributed by atoms with Gasteiger partial charge in [-0.3, -0.25) is 0 Å². The molecule has 2 aromatic rings. The van der Waals surface area contributed by atoms with E-state index in [0.29, 0.717) is 0 Å². The number of aryl methyl sites for hydroxylation is 1. The van der Waals surface area contributed by atoms with Gasteiger partial charge in [-0.15, -0.1) is 5.10 Å². The highest BCUT2D eigenvalue weighted by Crippen LogP contribution is 2.18. The largest absolute Gasteiger partial charge is 0.435 e. The molecule has 0 saturated carbocycles. The van der Waals surface area contributed by atoms with Gasteiger partial charge in [-0.25, -0.2) is 4.68 Å². The Morgan fingerprint density at radius 1 is 1.18 bits per heavy atom. The summed E-state index contributed by atoms with van der Waals surface area (Å²) in [6.07, 6.45) is 0. The summed E-state index contributed by atoms with van der Waals surface area (Å²) in [4.78, 5) is 0. The zero-order chi connectivity index (χ0) is 12.4. The molecule has 1 aromatic carbocycles. The van der Waals surface area contributed by atoms with Crippen molar-refractivity contribution in [2.75, 3.05) is 0 Å². The summed E-state index contributed by atoms with van der Waals surface area (Å²) in [6, 6.07) is 6.24. The molecule has 0 bridgehead atoms. The molecule has 4 nitrogen and oxygen atoms in total. The summed E-state index contributed by atoms with van der Waals surface area (Å²) in [5.41, 5.74) is 2.50. The predicted octanol–water partition coefficient (Wildman–Crippen LogP) is 2.49. The highest BCUT2D eigenvalue weighted by molar-refractivity contribution is 5.38. The van der Waals surface area contributed by atoms with Crippen molar-refractivity contribution in [3.05, 3.63) is 35.7 Å². The number of ether oxygens (including phenoxy) is 1. The lowest BCUT2D eigenvalue weighted by molar-refractivity contribution is -0.0498. The van der Waals surface area contributed by atoms with E-state index in [1.807, 2.05) is 13.8 Å². The fourth-order valence-electron chi connectivity index (χ4n) is 1.42. The number of rotatable bonds is 3. The lowest BCUT2D eigenvalue weighted by Gasteiger charge is -2.06. The molecule has 1 heterocycles. The van der Waals surface area contributed by atoms with Crippen LogP contribution in [-0.4, -0.2) is 21.6 Å². The summed E-state index contributed by atoms with van der Waals surface area (Å²) < 4.78 is 29.8. The van der Waals surface area contributed by atoms with Crippen molar-refractivity contribution in [3.63, 3.8) is 0 Å². The van der Waals surface area contributed by atoms with E-state index in [9.17, 15) is 8.78 Å². The molecule has 6 heteroatoms. The van der Waals surface area contributed by atoms with Gasteiger partial charge in [0, 0.05) is 0 Å². The molecule has 0 saturated heterocycles. The number of alkyl halides is 2. The van der Waals surface area contributed by atoms with E-state index in [0.717, 1.165) is 17.1 Å². The van der Waals surface area contributed by atoms with Crippen LogP contribution in [-0.2, 0) is 0 Å². The first kappa shape index (κ1) is 11.5. The first-order valence-electron chi connectivity index (χ1n) is 5.02. The van der Waals surface area contributed by atoms with Crippen molar-refractivity contribution >= 4 is 0 Å². The monoisotopic (exact) mass is 239 g/mol. The average molecular weight is 239 g/mol. The van der Waals surface area contributed by atoms with Crippen LogP contribution < -0.4 is 4.74 Å². The maximum absolute atomic E-state index is 12.0. The number of hydrogen-bond acceptors (Lipinski definition) is 3. The Labute approximate surface area is 96.8 Å². The zero-order valence-corrected chi connectivity index (χ0v) is 9.39. The molecule has 17 heavy (non-hydrogen) atoms. The number of halogens is 2. The molecule has 0 unspecified atom stereocenters. The molecule has 0 amide bonds. The van der Waals surface area contributed by atoms with E-state index < -0.39 is 6.61 Å². The summed E-state index contributed by atoms with van der Waals surface area (Å²) in [6.45, 7) is 0.933. The third kappa shape index (κ3) is 2.41. The highest BCUT2D eigenvalue weighted by Gasteiger charge is 2.07. The Bertz CT molecular complexity index is 508. The minimum absolute atomic E-state index is 0.123. The Morgan fingerprint density at radius 2 is 1.82 bits per heavy atom. The van der Waals surface area contributed by atoms with Gasteiger partial charge < -0.3 is 4.74 Å². The number of nitrogens with zero attached hydrogens (tertiary/aromatic N) is 3. The smallest absolute Gasteiger partial charge is 0.387 e. The van der Waals surface area contributed by atoms with Crippen LogP contribution in [0.25, 0.3) is 5.69 Å². The summed E-state index contributed by atoms with van der Waals surface area (Å²) in [7, 11) is 0. The van der Waals surface area contributed by atoms with Crippen molar-refractivity contribution in [1.29, 1.82) is 0 Å². The van der Waals surface area contributed by atoms with Crippen LogP contribution in [0, 0.1) is 13.8 Å². The molecular formula is C11H11F2N3O. The molecule has 90 valence electrons. The third-order valence-corrected chi connectivity index (χ3v) is 2.43. The van der Waals surface area contributed by atoms with Gasteiger partial charge in [-0.05, 0) is 38.1 Å². The molecule has 0 spiro atoms. The van der Waals surface area contributed by atoms with Gasteiger partial charge in [0.15, 0.2) is 0 Å². The lowest BCUT2D eigenvalue weighted by atomic mass is 10.3. The number of benzene rings is 1.